The van der Waals surface area contributed by atoms with Crippen LogP contribution < -0.4 is 0 Å². The normalized spacial score (nSPS) is 18.9. The summed E-state index contributed by atoms with van der Waals surface area (Å²) in [5, 5.41) is 1.87. The second kappa shape index (κ2) is 6.62. The van der Waals surface area contributed by atoms with Crippen molar-refractivity contribution in [3.63, 3.8) is 0 Å². The number of likely N-dealkylation sites (tertiary alicyclic amines) is 1. The van der Waals surface area contributed by atoms with Crippen molar-refractivity contribution in [1.82, 2.24) is 19.4 Å². The van der Waals surface area contributed by atoms with Gasteiger partial charge in [-0.15, -0.1) is 11.3 Å². The van der Waals surface area contributed by atoms with Crippen LogP contribution in [0.1, 0.15) is 23.3 Å². The lowest BCUT2D eigenvalue weighted by molar-refractivity contribution is 0.0656. The highest BCUT2D eigenvalue weighted by molar-refractivity contribution is 8.00. The molecule has 2 aromatic rings. The van der Waals surface area contributed by atoms with Gasteiger partial charge in [-0.2, -0.15) is 0 Å². The summed E-state index contributed by atoms with van der Waals surface area (Å²) in [6.07, 6.45) is 9.82. The van der Waals surface area contributed by atoms with E-state index < -0.39 is 0 Å². The molecular weight excluding hydrogens is 304 g/mol. The molecule has 0 aliphatic carbocycles. The Balaban J connectivity index is 1.63. The molecule has 1 amide bonds. The summed E-state index contributed by atoms with van der Waals surface area (Å²) in [5.74, 6) is 0.567. The number of hydrogen-bond acceptors (Lipinski definition) is 5. The first-order valence-electron chi connectivity index (χ1n) is 7.01. The van der Waals surface area contributed by atoms with Crippen molar-refractivity contribution in [1.29, 1.82) is 0 Å². The van der Waals surface area contributed by atoms with Crippen LogP contribution in [0, 0.1) is 5.92 Å². The summed E-state index contributed by atoms with van der Waals surface area (Å²) in [6, 6.07) is 0. The number of thioether (sulfide) groups is 1. The zero-order valence-electron chi connectivity index (χ0n) is 11.9. The first-order chi connectivity index (χ1) is 10.3. The molecule has 0 N–H and O–H groups in total. The average molecular weight is 322 g/mol. The van der Waals surface area contributed by atoms with Gasteiger partial charge in [-0.1, -0.05) is 11.8 Å². The van der Waals surface area contributed by atoms with Gasteiger partial charge in [-0.3, -0.25) is 4.79 Å². The Hall–Kier alpha value is -1.34. The molecule has 1 unspecified atom stereocenters. The van der Waals surface area contributed by atoms with Crippen molar-refractivity contribution in [2.45, 2.75) is 23.7 Å². The molecule has 1 saturated heterocycles. The minimum absolute atomic E-state index is 0.0712. The van der Waals surface area contributed by atoms with Gasteiger partial charge in [0.05, 0.1) is 6.33 Å². The van der Waals surface area contributed by atoms with Gasteiger partial charge < -0.3 is 9.47 Å². The molecule has 21 heavy (non-hydrogen) atoms. The van der Waals surface area contributed by atoms with Crippen molar-refractivity contribution in [3.05, 3.63) is 29.8 Å². The van der Waals surface area contributed by atoms with Crippen molar-refractivity contribution in [3.8, 4) is 0 Å². The number of rotatable bonds is 4. The maximum Gasteiger partial charge on any atom is 0.273 e. The number of imidazole rings is 1. The molecule has 1 aliphatic heterocycles. The number of piperidine rings is 1. The maximum absolute atomic E-state index is 12.5. The van der Waals surface area contributed by atoms with E-state index >= 15 is 0 Å². The Kier molecular flexibility index (Phi) is 4.60. The number of amides is 1. The highest BCUT2D eigenvalue weighted by Gasteiger charge is 2.26. The summed E-state index contributed by atoms with van der Waals surface area (Å²) in [7, 11) is 0. The van der Waals surface area contributed by atoms with Crippen LogP contribution in [0.4, 0.5) is 0 Å². The molecule has 1 fully saturated rings. The Morgan fingerprint density at radius 2 is 2.48 bits per heavy atom. The van der Waals surface area contributed by atoms with E-state index in [9.17, 15) is 4.79 Å². The van der Waals surface area contributed by atoms with Crippen LogP contribution in [-0.4, -0.2) is 44.7 Å². The number of thiazole rings is 1. The van der Waals surface area contributed by atoms with E-state index in [-0.39, 0.29) is 5.91 Å². The summed E-state index contributed by atoms with van der Waals surface area (Å²) in [5.41, 5.74) is 0.590. The minimum atomic E-state index is 0.0712. The van der Waals surface area contributed by atoms with Crippen LogP contribution >= 0.6 is 23.1 Å². The van der Waals surface area contributed by atoms with Crippen LogP contribution in [0.5, 0.6) is 0 Å². The van der Waals surface area contributed by atoms with Gasteiger partial charge in [0.25, 0.3) is 5.91 Å². The third-order valence-corrected chi connectivity index (χ3v) is 5.57. The lowest BCUT2D eigenvalue weighted by Crippen LogP contribution is -2.41. The third kappa shape index (κ3) is 3.47. The quantitative estimate of drug-likeness (QED) is 0.812. The molecule has 1 atom stereocenters. The van der Waals surface area contributed by atoms with Crippen LogP contribution in [0.2, 0.25) is 0 Å². The average Bonchev–Trinajstić information content (AvgIpc) is 3.17. The van der Waals surface area contributed by atoms with E-state index in [1.54, 1.807) is 18.0 Å². The van der Waals surface area contributed by atoms with Crippen molar-refractivity contribution < 1.29 is 4.79 Å². The van der Waals surface area contributed by atoms with Crippen molar-refractivity contribution in [2.75, 3.05) is 19.3 Å². The fourth-order valence-electron chi connectivity index (χ4n) is 2.70. The van der Waals surface area contributed by atoms with Gasteiger partial charge in [0.15, 0.2) is 0 Å². The predicted molar refractivity (Wildman–Crippen MR) is 84.7 cm³/mol. The van der Waals surface area contributed by atoms with Gasteiger partial charge in [0.2, 0.25) is 0 Å². The second-order valence-electron chi connectivity index (χ2n) is 5.22. The molecule has 3 heterocycles. The molecule has 1 aliphatic rings. The fraction of sp³-hybridized carbons (Fsp3) is 0.500. The van der Waals surface area contributed by atoms with E-state index in [2.05, 4.69) is 14.5 Å². The van der Waals surface area contributed by atoms with E-state index in [0.717, 1.165) is 36.8 Å². The van der Waals surface area contributed by atoms with Crippen molar-refractivity contribution in [2.24, 2.45) is 5.92 Å². The first-order valence-corrected chi connectivity index (χ1v) is 9.11. The van der Waals surface area contributed by atoms with Crippen molar-refractivity contribution >= 4 is 29.0 Å². The lowest BCUT2D eigenvalue weighted by Gasteiger charge is -2.32. The van der Waals surface area contributed by atoms with E-state index in [4.69, 9.17) is 0 Å². The maximum atomic E-state index is 12.5. The van der Waals surface area contributed by atoms with Crippen LogP contribution in [0.15, 0.2) is 28.4 Å². The molecule has 0 radical (unpaired) electrons. The topological polar surface area (TPSA) is 51.0 Å². The largest absolute Gasteiger partial charge is 0.337 e. The monoisotopic (exact) mass is 322 g/mol. The standard InChI is InChI=1S/C14H18N4OS2/c1-20-14-16-12(9-21-14)13(19)18-5-2-3-11(8-18)7-17-6-4-15-10-17/h4,6,9-11H,2-3,5,7-8H2,1H3. The number of aromatic nitrogens is 3. The molecule has 0 spiro atoms. The summed E-state index contributed by atoms with van der Waals surface area (Å²) >= 11 is 3.12. The van der Waals surface area contributed by atoms with Crippen LogP contribution in [0.25, 0.3) is 0 Å². The Bertz CT molecular complexity index is 596. The molecule has 112 valence electrons. The molecule has 7 heteroatoms. The lowest BCUT2D eigenvalue weighted by atomic mass is 9.97. The molecule has 5 nitrogen and oxygen atoms in total. The number of carbonyl (C=O) groups excluding carboxylic acids is 1. The Morgan fingerprint density at radius 3 is 3.19 bits per heavy atom. The highest BCUT2D eigenvalue weighted by atomic mass is 32.2. The SMILES string of the molecule is CSc1nc(C(=O)N2CCCC(Cn3ccnc3)C2)cs1. The predicted octanol–water partition coefficient (Wildman–Crippen LogP) is 2.61. The third-order valence-electron chi connectivity index (χ3n) is 3.71. The van der Waals surface area contributed by atoms with Gasteiger partial charge in [0, 0.05) is 37.4 Å². The summed E-state index contributed by atoms with van der Waals surface area (Å²) in [6.45, 7) is 2.57. The number of nitrogens with zero attached hydrogens (tertiary/aromatic N) is 4. The second-order valence-corrected chi connectivity index (χ2v) is 7.13. The highest BCUT2D eigenvalue weighted by Crippen LogP contribution is 2.23. The van der Waals surface area contributed by atoms with Gasteiger partial charge in [-0.05, 0) is 25.0 Å². The molecule has 3 rings (SSSR count). The van der Waals surface area contributed by atoms with Crippen LogP contribution in [0.3, 0.4) is 0 Å². The zero-order valence-corrected chi connectivity index (χ0v) is 13.6. The Labute approximate surface area is 132 Å². The Morgan fingerprint density at radius 1 is 1.57 bits per heavy atom. The smallest absolute Gasteiger partial charge is 0.273 e. The number of hydrogen-bond donors (Lipinski definition) is 0. The first kappa shape index (κ1) is 14.6. The molecule has 2 aromatic heterocycles. The summed E-state index contributed by atoms with van der Waals surface area (Å²) < 4.78 is 3.04. The number of carbonyl (C=O) groups is 1. The molecule has 0 saturated carbocycles. The van der Waals surface area contributed by atoms with E-state index in [0.29, 0.717) is 11.6 Å². The summed E-state index contributed by atoms with van der Waals surface area (Å²) in [4.78, 5) is 22.9. The van der Waals surface area contributed by atoms with Gasteiger partial charge >= 0.3 is 0 Å². The zero-order chi connectivity index (χ0) is 14.7. The van der Waals surface area contributed by atoms with E-state index in [1.165, 1.54) is 11.3 Å². The van der Waals surface area contributed by atoms with Gasteiger partial charge in [-0.25, -0.2) is 9.97 Å². The minimum Gasteiger partial charge on any atom is -0.337 e. The molecular formula is C14H18N4OS2. The fourth-order valence-corrected chi connectivity index (χ4v) is 3.94. The molecule has 0 bridgehead atoms. The van der Waals surface area contributed by atoms with Crippen LogP contribution in [-0.2, 0) is 6.54 Å². The molecule has 0 aromatic carbocycles. The van der Waals surface area contributed by atoms with Gasteiger partial charge in [0.1, 0.15) is 10.0 Å². The van der Waals surface area contributed by atoms with E-state index in [1.807, 2.05) is 29.1 Å².